The first kappa shape index (κ1) is 18.2. The zero-order chi connectivity index (χ0) is 17.1. The number of rotatable bonds is 6. The zero-order valence-electron chi connectivity index (χ0n) is 12.7. The van der Waals surface area contributed by atoms with E-state index in [1.54, 1.807) is 25.1 Å². The third-order valence-corrected chi connectivity index (χ3v) is 5.51. The van der Waals surface area contributed by atoms with Crippen molar-refractivity contribution in [1.29, 1.82) is 0 Å². The number of hydrogen-bond donors (Lipinski definition) is 1. The Balaban J connectivity index is 2.21. The van der Waals surface area contributed by atoms with Gasteiger partial charge in [0.2, 0.25) is 10.0 Å². The fourth-order valence-electron chi connectivity index (χ4n) is 2.04. The Hall–Kier alpha value is -1.11. The fourth-order valence-corrected chi connectivity index (χ4v) is 3.48. The molecule has 7 heteroatoms. The molecule has 0 fully saturated rings. The highest BCUT2D eigenvalue weighted by Crippen LogP contribution is 2.27. The first-order valence-corrected chi connectivity index (χ1v) is 9.07. The van der Waals surface area contributed by atoms with Gasteiger partial charge in [-0.2, -0.15) is 0 Å². The highest BCUT2D eigenvalue weighted by atomic mass is 35.5. The summed E-state index contributed by atoms with van der Waals surface area (Å²) in [5.74, 6) is 0. The summed E-state index contributed by atoms with van der Waals surface area (Å²) in [7, 11) is -2.13. The van der Waals surface area contributed by atoms with Gasteiger partial charge in [-0.15, -0.1) is 0 Å². The molecule has 0 radical (unpaired) electrons. The monoisotopic (exact) mass is 373 g/mol. The summed E-state index contributed by atoms with van der Waals surface area (Å²) in [5.41, 5.74) is -0.0592. The molecule has 0 aromatic heterocycles. The second-order valence-electron chi connectivity index (χ2n) is 5.22. The molecule has 0 saturated heterocycles. The standard InChI is InChI=1S/C16H17Cl2NO3S/c1-16(22-2,12-4-3-5-14(18)10-12)11-19-23(20,21)15-8-6-13(17)7-9-15/h3-10,19H,11H2,1-2H3. The van der Waals surface area contributed by atoms with E-state index in [-0.39, 0.29) is 11.4 Å². The van der Waals surface area contributed by atoms with Crippen molar-refractivity contribution in [2.45, 2.75) is 17.4 Å². The van der Waals surface area contributed by atoms with Crippen LogP contribution in [0.1, 0.15) is 12.5 Å². The lowest BCUT2D eigenvalue weighted by Crippen LogP contribution is -2.40. The number of benzene rings is 2. The van der Waals surface area contributed by atoms with Crippen LogP contribution in [-0.4, -0.2) is 22.1 Å². The summed E-state index contributed by atoms with van der Waals surface area (Å²) in [6.45, 7) is 1.86. The molecule has 0 bridgehead atoms. The molecule has 23 heavy (non-hydrogen) atoms. The molecular weight excluding hydrogens is 357 g/mol. The fraction of sp³-hybridized carbons (Fsp3) is 0.250. The van der Waals surface area contributed by atoms with Crippen LogP contribution in [0.3, 0.4) is 0 Å². The predicted molar refractivity (Wildman–Crippen MR) is 92.5 cm³/mol. The van der Waals surface area contributed by atoms with Crippen LogP contribution in [0, 0.1) is 0 Å². The molecule has 2 aromatic carbocycles. The molecule has 0 heterocycles. The number of ether oxygens (including phenoxy) is 1. The van der Waals surface area contributed by atoms with Gasteiger partial charge in [-0.25, -0.2) is 13.1 Å². The van der Waals surface area contributed by atoms with Crippen LogP contribution >= 0.6 is 23.2 Å². The summed E-state index contributed by atoms with van der Waals surface area (Å²) in [4.78, 5) is 0.145. The maximum atomic E-state index is 12.4. The van der Waals surface area contributed by atoms with E-state index in [0.29, 0.717) is 10.0 Å². The second kappa shape index (κ2) is 7.20. The van der Waals surface area contributed by atoms with Gasteiger partial charge in [0.05, 0.1) is 4.90 Å². The summed E-state index contributed by atoms with van der Waals surface area (Å²) in [5, 5.41) is 1.04. The number of halogens is 2. The van der Waals surface area contributed by atoms with Gasteiger partial charge in [0.15, 0.2) is 0 Å². The summed E-state index contributed by atoms with van der Waals surface area (Å²) in [6.07, 6.45) is 0. The number of hydrogen-bond acceptors (Lipinski definition) is 3. The molecule has 0 saturated carbocycles. The van der Waals surface area contributed by atoms with Crippen molar-refractivity contribution in [2.75, 3.05) is 13.7 Å². The van der Waals surface area contributed by atoms with Gasteiger partial charge in [0, 0.05) is 23.7 Å². The molecular formula is C16H17Cl2NO3S. The lowest BCUT2D eigenvalue weighted by atomic mass is 9.96. The maximum Gasteiger partial charge on any atom is 0.240 e. The SMILES string of the molecule is COC(C)(CNS(=O)(=O)c1ccc(Cl)cc1)c1cccc(Cl)c1. The molecule has 2 aromatic rings. The molecule has 0 spiro atoms. The van der Waals surface area contributed by atoms with Gasteiger partial charge in [0.25, 0.3) is 0 Å². The average molecular weight is 374 g/mol. The Labute approximate surface area is 146 Å². The van der Waals surface area contributed by atoms with E-state index < -0.39 is 15.6 Å². The van der Waals surface area contributed by atoms with E-state index in [2.05, 4.69) is 4.72 Å². The van der Waals surface area contributed by atoms with Crippen LogP contribution in [0.4, 0.5) is 0 Å². The van der Waals surface area contributed by atoms with Crippen molar-refractivity contribution < 1.29 is 13.2 Å². The Morgan fingerprint density at radius 1 is 1.09 bits per heavy atom. The summed E-state index contributed by atoms with van der Waals surface area (Å²) >= 11 is 11.8. The number of methoxy groups -OCH3 is 1. The third-order valence-electron chi connectivity index (χ3n) is 3.61. The zero-order valence-corrected chi connectivity index (χ0v) is 15.0. The van der Waals surface area contributed by atoms with Crippen molar-refractivity contribution in [3.8, 4) is 0 Å². The number of nitrogens with one attached hydrogen (secondary N) is 1. The summed E-state index contributed by atoms with van der Waals surface area (Å²) < 4.78 is 32.8. The van der Waals surface area contributed by atoms with E-state index in [1.807, 2.05) is 6.07 Å². The van der Waals surface area contributed by atoms with E-state index in [4.69, 9.17) is 27.9 Å². The van der Waals surface area contributed by atoms with Gasteiger partial charge >= 0.3 is 0 Å². The smallest absolute Gasteiger partial charge is 0.240 e. The molecule has 0 aliphatic heterocycles. The Bertz CT molecular complexity index is 778. The van der Waals surface area contributed by atoms with Crippen LogP contribution in [0.2, 0.25) is 10.0 Å². The topological polar surface area (TPSA) is 55.4 Å². The Kier molecular flexibility index (Phi) is 5.70. The molecule has 0 aliphatic rings. The van der Waals surface area contributed by atoms with Gasteiger partial charge in [-0.1, -0.05) is 35.3 Å². The minimum atomic E-state index is -3.66. The Morgan fingerprint density at radius 3 is 2.30 bits per heavy atom. The minimum absolute atomic E-state index is 0.0643. The molecule has 1 atom stereocenters. The van der Waals surface area contributed by atoms with E-state index in [0.717, 1.165) is 5.56 Å². The van der Waals surface area contributed by atoms with Crippen molar-refractivity contribution in [3.63, 3.8) is 0 Å². The first-order chi connectivity index (χ1) is 10.8. The van der Waals surface area contributed by atoms with Crippen LogP contribution in [0.5, 0.6) is 0 Å². The normalized spacial score (nSPS) is 14.4. The lowest BCUT2D eigenvalue weighted by molar-refractivity contribution is 0.00699. The van der Waals surface area contributed by atoms with Crippen LogP contribution in [-0.2, 0) is 20.4 Å². The minimum Gasteiger partial charge on any atom is -0.372 e. The van der Waals surface area contributed by atoms with Gasteiger partial charge < -0.3 is 4.74 Å². The highest BCUT2D eigenvalue weighted by Gasteiger charge is 2.29. The molecule has 1 N–H and O–H groups in total. The van der Waals surface area contributed by atoms with Crippen molar-refractivity contribution in [2.24, 2.45) is 0 Å². The average Bonchev–Trinajstić information content (AvgIpc) is 2.53. The highest BCUT2D eigenvalue weighted by molar-refractivity contribution is 7.89. The molecule has 0 amide bonds. The largest absolute Gasteiger partial charge is 0.372 e. The maximum absolute atomic E-state index is 12.4. The third kappa shape index (κ3) is 4.46. The Morgan fingerprint density at radius 2 is 1.74 bits per heavy atom. The molecule has 0 aliphatic carbocycles. The van der Waals surface area contributed by atoms with Crippen molar-refractivity contribution in [3.05, 3.63) is 64.1 Å². The summed E-state index contributed by atoms with van der Waals surface area (Å²) in [6, 6.07) is 13.1. The quantitative estimate of drug-likeness (QED) is 0.836. The number of sulfonamides is 1. The predicted octanol–water partition coefficient (Wildman–Crippen LogP) is 3.83. The van der Waals surface area contributed by atoms with E-state index in [1.165, 1.54) is 31.4 Å². The van der Waals surface area contributed by atoms with Crippen LogP contribution < -0.4 is 4.72 Å². The molecule has 124 valence electrons. The van der Waals surface area contributed by atoms with Crippen LogP contribution in [0.25, 0.3) is 0 Å². The first-order valence-electron chi connectivity index (χ1n) is 6.83. The van der Waals surface area contributed by atoms with Crippen molar-refractivity contribution >= 4 is 33.2 Å². The molecule has 2 rings (SSSR count). The van der Waals surface area contributed by atoms with Gasteiger partial charge in [-0.05, 0) is 48.9 Å². The second-order valence-corrected chi connectivity index (χ2v) is 7.86. The molecule has 1 unspecified atom stereocenters. The molecule has 4 nitrogen and oxygen atoms in total. The lowest BCUT2D eigenvalue weighted by Gasteiger charge is -2.29. The van der Waals surface area contributed by atoms with Gasteiger partial charge in [-0.3, -0.25) is 0 Å². The van der Waals surface area contributed by atoms with Gasteiger partial charge in [0.1, 0.15) is 5.60 Å². The van der Waals surface area contributed by atoms with E-state index in [9.17, 15) is 8.42 Å². The van der Waals surface area contributed by atoms with Crippen LogP contribution in [0.15, 0.2) is 53.4 Å². The van der Waals surface area contributed by atoms with E-state index >= 15 is 0 Å². The van der Waals surface area contributed by atoms with Crippen molar-refractivity contribution in [1.82, 2.24) is 4.72 Å².